The molecule has 0 aromatic heterocycles. The predicted octanol–water partition coefficient (Wildman–Crippen LogP) is 0.561. The third kappa shape index (κ3) is 3.35. The minimum atomic E-state index is -1.41. The van der Waals surface area contributed by atoms with Gasteiger partial charge in [0.25, 0.3) is 0 Å². The zero-order valence-electron chi connectivity index (χ0n) is 14.9. The van der Waals surface area contributed by atoms with Crippen molar-refractivity contribution < 1.29 is 38.5 Å². The van der Waals surface area contributed by atoms with Crippen molar-refractivity contribution in [2.75, 3.05) is 28.4 Å². The number of hydrogen-bond acceptors (Lipinski definition) is 9. The molecule has 2 rings (SSSR count). The molecule has 0 radical (unpaired) electrons. The van der Waals surface area contributed by atoms with Crippen molar-refractivity contribution in [2.45, 2.75) is 12.1 Å². The summed E-state index contributed by atoms with van der Waals surface area (Å²) in [7, 11) is 4.92. The van der Waals surface area contributed by atoms with Crippen LogP contribution in [-0.2, 0) is 28.6 Å². The molecule has 0 unspecified atom stereocenters. The molecule has 1 aliphatic rings. The van der Waals surface area contributed by atoms with Crippen LogP contribution in [0.25, 0.3) is 0 Å². The van der Waals surface area contributed by atoms with Gasteiger partial charge in [-0.15, -0.1) is 0 Å². The highest BCUT2D eigenvalue weighted by molar-refractivity contribution is 5.90. The summed E-state index contributed by atoms with van der Waals surface area (Å²) in [5.74, 6) is -4.35. The fraction of sp³-hybridized carbons (Fsp3) is 0.471. The molecule has 142 valence electrons. The zero-order valence-corrected chi connectivity index (χ0v) is 14.9. The Labute approximate surface area is 150 Å². The topological polar surface area (TPSA) is 112 Å². The number of nitrogens with zero attached hydrogens (tertiary/aromatic N) is 1. The maximum atomic E-state index is 12.4. The average molecular weight is 367 g/mol. The van der Waals surface area contributed by atoms with Crippen LogP contribution >= 0.6 is 0 Å². The Morgan fingerprint density at radius 2 is 1.35 bits per heavy atom. The van der Waals surface area contributed by atoms with Gasteiger partial charge in [0.1, 0.15) is 17.7 Å². The van der Waals surface area contributed by atoms with Crippen molar-refractivity contribution in [3.05, 3.63) is 29.8 Å². The molecule has 0 saturated carbocycles. The standard InChI is InChI=1S/C17H21NO8/c1-23-10-7-5-9(6-8-10)13-11(15(19)24-2)12(16(20)25-3)14(18(13)22)17(21)26-4/h5-8,11-14,22H,1-4H3/t11-,12+,13+,14-/m1/s1. The maximum Gasteiger partial charge on any atom is 0.326 e. The fourth-order valence-electron chi connectivity index (χ4n) is 3.25. The van der Waals surface area contributed by atoms with Crippen molar-refractivity contribution in [1.82, 2.24) is 5.06 Å². The molecule has 1 saturated heterocycles. The summed E-state index contributed by atoms with van der Waals surface area (Å²) >= 11 is 0. The number of benzene rings is 1. The lowest BCUT2D eigenvalue weighted by Crippen LogP contribution is -2.43. The van der Waals surface area contributed by atoms with Gasteiger partial charge >= 0.3 is 17.9 Å². The highest BCUT2D eigenvalue weighted by Gasteiger charge is 2.60. The first-order valence-corrected chi connectivity index (χ1v) is 7.75. The first-order chi connectivity index (χ1) is 12.4. The van der Waals surface area contributed by atoms with Gasteiger partial charge in [-0.2, -0.15) is 5.06 Å². The molecule has 0 aliphatic carbocycles. The largest absolute Gasteiger partial charge is 0.497 e. The summed E-state index contributed by atoms with van der Waals surface area (Å²) in [6.45, 7) is 0. The number of carbonyl (C=O) groups is 3. The lowest BCUT2D eigenvalue weighted by atomic mass is 9.84. The lowest BCUT2D eigenvalue weighted by Gasteiger charge is -2.24. The Morgan fingerprint density at radius 1 is 0.846 bits per heavy atom. The van der Waals surface area contributed by atoms with E-state index in [1.165, 1.54) is 7.11 Å². The molecule has 1 fully saturated rings. The van der Waals surface area contributed by atoms with Crippen LogP contribution in [0.2, 0.25) is 0 Å². The minimum absolute atomic E-state index is 0.490. The first-order valence-electron chi connectivity index (χ1n) is 7.75. The van der Waals surface area contributed by atoms with E-state index >= 15 is 0 Å². The molecule has 1 aromatic rings. The molecule has 1 aromatic carbocycles. The summed E-state index contributed by atoms with van der Waals surface area (Å²) in [6.07, 6.45) is 0. The van der Waals surface area contributed by atoms with Crippen LogP contribution in [0.3, 0.4) is 0 Å². The summed E-state index contributed by atoms with van der Waals surface area (Å²) in [4.78, 5) is 36.9. The molecule has 9 nitrogen and oxygen atoms in total. The van der Waals surface area contributed by atoms with E-state index in [0.717, 1.165) is 21.3 Å². The Kier molecular flexibility index (Phi) is 6.17. The number of methoxy groups -OCH3 is 4. The summed E-state index contributed by atoms with van der Waals surface area (Å²) < 4.78 is 19.3. The van der Waals surface area contributed by atoms with Gasteiger partial charge in [0, 0.05) is 0 Å². The Bertz CT molecular complexity index is 674. The van der Waals surface area contributed by atoms with Crippen molar-refractivity contribution in [3.8, 4) is 5.75 Å². The number of ether oxygens (including phenoxy) is 4. The van der Waals surface area contributed by atoms with Gasteiger partial charge in [0.2, 0.25) is 0 Å². The van der Waals surface area contributed by atoms with Crippen LogP contribution in [0.1, 0.15) is 11.6 Å². The van der Waals surface area contributed by atoms with Crippen LogP contribution in [0.15, 0.2) is 24.3 Å². The molecule has 1 N–H and O–H groups in total. The summed E-state index contributed by atoms with van der Waals surface area (Å²) in [5.41, 5.74) is 0.490. The number of carbonyl (C=O) groups excluding carboxylic acids is 3. The molecule has 0 amide bonds. The lowest BCUT2D eigenvalue weighted by molar-refractivity contribution is -0.181. The third-order valence-electron chi connectivity index (χ3n) is 4.48. The summed E-state index contributed by atoms with van der Waals surface area (Å²) in [6, 6.07) is 4.09. The van der Waals surface area contributed by atoms with Crippen LogP contribution in [0.5, 0.6) is 5.75 Å². The van der Waals surface area contributed by atoms with E-state index < -0.39 is 41.8 Å². The van der Waals surface area contributed by atoms with Gasteiger partial charge in [0.05, 0.1) is 40.4 Å². The zero-order chi connectivity index (χ0) is 19.4. The van der Waals surface area contributed by atoms with E-state index in [9.17, 15) is 19.6 Å². The van der Waals surface area contributed by atoms with E-state index in [2.05, 4.69) is 0 Å². The predicted molar refractivity (Wildman–Crippen MR) is 86.2 cm³/mol. The van der Waals surface area contributed by atoms with Gasteiger partial charge in [-0.3, -0.25) is 14.4 Å². The Morgan fingerprint density at radius 3 is 1.81 bits per heavy atom. The van der Waals surface area contributed by atoms with Gasteiger partial charge in [-0.25, -0.2) is 0 Å². The smallest absolute Gasteiger partial charge is 0.326 e. The van der Waals surface area contributed by atoms with E-state index in [0.29, 0.717) is 16.4 Å². The highest BCUT2D eigenvalue weighted by atomic mass is 16.6. The SMILES string of the molecule is COC(=O)[C@@H]1[C@H](C(=O)OC)[C@H](C(=O)OC)N(O)[C@H]1c1ccc(OC)cc1. The van der Waals surface area contributed by atoms with Gasteiger partial charge in [-0.1, -0.05) is 12.1 Å². The number of rotatable bonds is 5. The molecule has 1 aliphatic heterocycles. The van der Waals surface area contributed by atoms with Crippen molar-refractivity contribution >= 4 is 17.9 Å². The Hall–Kier alpha value is -2.65. The van der Waals surface area contributed by atoms with Gasteiger partial charge in [-0.05, 0) is 17.7 Å². The summed E-state index contributed by atoms with van der Waals surface area (Å²) in [5, 5.41) is 11.3. The van der Waals surface area contributed by atoms with E-state index in [1.54, 1.807) is 24.3 Å². The molecule has 0 bridgehead atoms. The van der Waals surface area contributed by atoms with Gasteiger partial charge < -0.3 is 24.2 Å². The highest BCUT2D eigenvalue weighted by Crippen LogP contribution is 2.45. The molecule has 9 heteroatoms. The van der Waals surface area contributed by atoms with Gasteiger partial charge in [0.15, 0.2) is 0 Å². The monoisotopic (exact) mass is 367 g/mol. The van der Waals surface area contributed by atoms with Crippen molar-refractivity contribution in [3.63, 3.8) is 0 Å². The molecular weight excluding hydrogens is 346 g/mol. The molecule has 0 spiro atoms. The first kappa shape index (κ1) is 19.7. The second kappa shape index (κ2) is 8.15. The minimum Gasteiger partial charge on any atom is -0.497 e. The fourth-order valence-corrected chi connectivity index (χ4v) is 3.25. The second-order valence-electron chi connectivity index (χ2n) is 5.66. The molecular formula is C17H21NO8. The maximum absolute atomic E-state index is 12.4. The van der Waals surface area contributed by atoms with Crippen molar-refractivity contribution in [2.24, 2.45) is 11.8 Å². The number of hydroxylamine groups is 2. The molecule has 4 atom stereocenters. The van der Waals surface area contributed by atoms with Crippen LogP contribution < -0.4 is 4.74 Å². The van der Waals surface area contributed by atoms with E-state index in [-0.39, 0.29) is 0 Å². The van der Waals surface area contributed by atoms with E-state index in [4.69, 9.17) is 18.9 Å². The third-order valence-corrected chi connectivity index (χ3v) is 4.48. The average Bonchev–Trinajstić information content (AvgIpc) is 2.99. The van der Waals surface area contributed by atoms with E-state index in [1.807, 2.05) is 0 Å². The molecule has 26 heavy (non-hydrogen) atoms. The second-order valence-corrected chi connectivity index (χ2v) is 5.66. The Balaban J connectivity index is 2.57. The number of esters is 3. The van der Waals surface area contributed by atoms with Crippen LogP contribution in [0, 0.1) is 11.8 Å². The van der Waals surface area contributed by atoms with Crippen molar-refractivity contribution in [1.29, 1.82) is 0 Å². The quantitative estimate of drug-likeness (QED) is 0.589. The van der Waals surface area contributed by atoms with Crippen LogP contribution in [0.4, 0.5) is 0 Å². The normalized spacial score (nSPS) is 25.4. The molecule has 1 heterocycles. The number of hydrogen-bond donors (Lipinski definition) is 1. The van der Waals surface area contributed by atoms with Crippen LogP contribution in [-0.4, -0.2) is 62.7 Å².